The molecule has 2 amide bonds. The summed E-state index contributed by atoms with van der Waals surface area (Å²) in [6.07, 6.45) is 2.02. The quantitative estimate of drug-likeness (QED) is 0.835. The molecule has 1 aromatic rings. The molecule has 8 heteroatoms. The summed E-state index contributed by atoms with van der Waals surface area (Å²) in [6.45, 7) is 4.05. The van der Waals surface area contributed by atoms with Crippen LogP contribution in [0.4, 0.5) is 4.79 Å². The van der Waals surface area contributed by atoms with Gasteiger partial charge in [0.25, 0.3) is 0 Å². The van der Waals surface area contributed by atoms with Crippen LogP contribution in [0.15, 0.2) is 0 Å². The molecule has 0 aromatic carbocycles. The van der Waals surface area contributed by atoms with Gasteiger partial charge in [-0.05, 0) is 12.8 Å². The number of nitrogens with zero attached hydrogens (tertiary/aromatic N) is 6. The number of carbonyl (C=O) groups is 1. The molecule has 128 valence electrons. The van der Waals surface area contributed by atoms with E-state index in [0.717, 1.165) is 57.2 Å². The van der Waals surface area contributed by atoms with Crippen molar-refractivity contribution in [2.75, 3.05) is 40.3 Å². The molecule has 2 aliphatic rings. The van der Waals surface area contributed by atoms with Crippen molar-refractivity contribution in [3.05, 3.63) is 11.6 Å². The van der Waals surface area contributed by atoms with Crippen molar-refractivity contribution in [1.29, 1.82) is 0 Å². The fourth-order valence-corrected chi connectivity index (χ4v) is 3.32. The Balaban J connectivity index is 1.54. The van der Waals surface area contributed by atoms with Crippen molar-refractivity contribution in [3.8, 4) is 0 Å². The number of hydrogen-bond donors (Lipinski definition) is 1. The summed E-state index contributed by atoms with van der Waals surface area (Å²) >= 11 is 0. The smallest absolute Gasteiger partial charge is 0.319 e. The van der Waals surface area contributed by atoms with Crippen molar-refractivity contribution in [3.63, 3.8) is 0 Å². The zero-order chi connectivity index (χ0) is 16.6. The Hall–Kier alpha value is -1.67. The Labute approximate surface area is 137 Å². The molecular weight excluding hydrogens is 294 g/mol. The van der Waals surface area contributed by atoms with Gasteiger partial charge in [-0.2, -0.15) is 0 Å². The second kappa shape index (κ2) is 6.45. The van der Waals surface area contributed by atoms with Crippen LogP contribution in [0, 0.1) is 0 Å². The molecule has 0 bridgehead atoms. The van der Waals surface area contributed by atoms with E-state index in [2.05, 4.69) is 19.7 Å². The lowest BCUT2D eigenvalue weighted by Crippen LogP contribution is -2.51. The molecule has 3 rings (SSSR count). The van der Waals surface area contributed by atoms with Gasteiger partial charge in [-0.1, -0.05) is 0 Å². The highest BCUT2D eigenvalue weighted by Crippen LogP contribution is 2.34. The van der Waals surface area contributed by atoms with Crippen molar-refractivity contribution in [2.45, 2.75) is 31.3 Å². The molecule has 2 N–H and O–H groups in total. The molecule has 2 heterocycles. The van der Waals surface area contributed by atoms with E-state index in [-0.39, 0.29) is 6.03 Å². The van der Waals surface area contributed by atoms with Crippen LogP contribution in [0.1, 0.15) is 30.4 Å². The predicted molar refractivity (Wildman–Crippen MR) is 86.9 cm³/mol. The van der Waals surface area contributed by atoms with Crippen molar-refractivity contribution >= 4 is 6.03 Å². The second-order valence-electron chi connectivity index (χ2n) is 6.90. The Morgan fingerprint density at radius 1 is 1.22 bits per heavy atom. The number of urea groups is 1. The predicted octanol–water partition coefficient (Wildman–Crippen LogP) is -0.181. The maximum absolute atomic E-state index is 12.0. The fourth-order valence-electron chi connectivity index (χ4n) is 3.32. The molecule has 1 aliphatic carbocycles. The van der Waals surface area contributed by atoms with Gasteiger partial charge in [0.1, 0.15) is 11.6 Å². The van der Waals surface area contributed by atoms with Gasteiger partial charge in [-0.15, -0.1) is 10.2 Å². The minimum absolute atomic E-state index is 0.0897. The van der Waals surface area contributed by atoms with Gasteiger partial charge in [0.2, 0.25) is 0 Å². The summed E-state index contributed by atoms with van der Waals surface area (Å²) in [6, 6.07) is 0.411. The van der Waals surface area contributed by atoms with E-state index >= 15 is 0 Å². The summed E-state index contributed by atoms with van der Waals surface area (Å²) in [4.78, 5) is 17.8. The van der Waals surface area contributed by atoms with Gasteiger partial charge in [0.05, 0.1) is 6.54 Å². The molecule has 8 nitrogen and oxygen atoms in total. The first-order valence-electron chi connectivity index (χ1n) is 8.28. The molecule has 2 fully saturated rings. The molecule has 0 radical (unpaired) electrons. The molecule has 0 spiro atoms. The van der Waals surface area contributed by atoms with E-state index in [1.54, 1.807) is 19.0 Å². The number of amides is 2. The Bertz CT molecular complexity index is 556. The first kappa shape index (κ1) is 16.2. The Morgan fingerprint density at radius 2 is 1.87 bits per heavy atom. The molecule has 23 heavy (non-hydrogen) atoms. The van der Waals surface area contributed by atoms with Gasteiger partial charge in [0.15, 0.2) is 0 Å². The third kappa shape index (κ3) is 3.32. The molecule has 0 unspecified atom stereocenters. The highest BCUT2D eigenvalue weighted by molar-refractivity contribution is 5.73. The summed E-state index contributed by atoms with van der Waals surface area (Å²) in [5.74, 6) is 2.52. The van der Waals surface area contributed by atoms with Crippen LogP contribution < -0.4 is 5.73 Å². The van der Waals surface area contributed by atoms with Crippen LogP contribution >= 0.6 is 0 Å². The van der Waals surface area contributed by atoms with E-state index in [0.29, 0.717) is 12.0 Å². The zero-order valence-electron chi connectivity index (χ0n) is 14.3. The lowest BCUT2D eigenvalue weighted by molar-refractivity contribution is 0.118. The van der Waals surface area contributed by atoms with E-state index < -0.39 is 0 Å². The van der Waals surface area contributed by atoms with Gasteiger partial charge < -0.3 is 20.1 Å². The van der Waals surface area contributed by atoms with Crippen LogP contribution in [-0.4, -0.2) is 81.8 Å². The number of rotatable bonds is 3. The molecule has 1 aromatic heterocycles. The van der Waals surface area contributed by atoms with Crippen LogP contribution in [0.2, 0.25) is 0 Å². The topological polar surface area (TPSA) is 83.5 Å². The number of carbonyl (C=O) groups excluding carboxylic acids is 1. The first-order valence-corrected chi connectivity index (χ1v) is 8.28. The lowest BCUT2D eigenvalue weighted by atomic mass is 9.80. The highest BCUT2D eigenvalue weighted by atomic mass is 16.2. The standard InChI is InChI=1S/C15H27N7O/c1-19(2)15(23)22-6-4-21(5-7-22)10-13-17-18-14(20(13)3)11-8-12(16)9-11/h11-12H,4-10,16H2,1-3H3. The Kier molecular flexibility index (Phi) is 4.54. The van der Waals surface area contributed by atoms with E-state index in [1.807, 2.05) is 11.9 Å². The normalized spacial score (nSPS) is 25.3. The highest BCUT2D eigenvalue weighted by Gasteiger charge is 2.32. The van der Waals surface area contributed by atoms with Crippen LogP contribution in [0.25, 0.3) is 0 Å². The molecule has 0 atom stereocenters. The summed E-state index contributed by atoms with van der Waals surface area (Å²) in [5.41, 5.74) is 5.87. The Morgan fingerprint density at radius 3 is 2.43 bits per heavy atom. The lowest BCUT2D eigenvalue weighted by Gasteiger charge is -2.35. The largest absolute Gasteiger partial charge is 0.331 e. The maximum Gasteiger partial charge on any atom is 0.319 e. The molecular formula is C15H27N7O. The minimum atomic E-state index is 0.0897. The van der Waals surface area contributed by atoms with Gasteiger partial charge in [0, 0.05) is 59.3 Å². The minimum Gasteiger partial charge on any atom is -0.331 e. The third-order valence-corrected chi connectivity index (χ3v) is 4.93. The second-order valence-corrected chi connectivity index (χ2v) is 6.90. The monoisotopic (exact) mass is 321 g/mol. The summed E-state index contributed by atoms with van der Waals surface area (Å²) in [5, 5.41) is 8.73. The molecule has 1 saturated carbocycles. The van der Waals surface area contributed by atoms with Crippen molar-refractivity contribution in [1.82, 2.24) is 29.5 Å². The number of aromatic nitrogens is 3. The van der Waals surface area contributed by atoms with Crippen LogP contribution in [0.5, 0.6) is 0 Å². The van der Waals surface area contributed by atoms with E-state index in [1.165, 1.54) is 0 Å². The van der Waals surface area contributed by atoms with Gasteiger partial charge in [-0.3, -0.25) is 4.90 Å². The van der Waals surface area contributed by atoms with Crippen molar-refractivity contribution < 1.29 is 4.79 Å². The van der Waals surface area contributed by atoms with E-state index in [4.69, 9.17) is 5.73 Å². The first-order chi connectivity index (χ1) is 11.0. The van der Waals surface area contributed by atoms with Gasteiger partial charge >= 0.3 is 6.03 Å². The van der Waals surface area contributed by atoms with E-state index in [9.17, 15) is 4.79 Å². The third-order valence-electron chi connectivity index (χ3n) is 4.93. The van der Waals surface area contributed by atoms with Crippen LogP contribution in [0.3, 0.4) is 0 Å². The summed E-state index contributed by atoms with van der Waals surface area (Å²) < 4.78 is 2.12. The maximum atomic E-state index is 12.0. The van der Waals surface area contributed by atoms with Crippen molar-refractivity contribution in [2.24, 2.45) is 12.8 Å². The SMILES string of the molecule is CN(C)C(=O)N1CCN(Cc2nnc(C3CC(N)C3)n2C)CC1. The van der Waals surface area contributed by atoms with Gasteiger partial charge in [-0.25, -0.2) is 4.79 Å². The molecule has 1 saturated heterocycles. The molecule has 1 aliphatic heterocycles. The van der Waals surface area contributed by atoms with Crippen LogP contribution in [-0.2, 0) is 13.6 Å². The summed E-state index contributed by atoms with van der Waals surface area (Å²) in [7, 11) is 5.63. The fraction of sp³-hybridized carbons (Fsp3) is 0.800. The number of piperazine rings is 1. The number of hydrogen-bond acceptors (Lipinski definition) is 5. The zero-order valence-corrected chi connectivity index (χ0v) is 14.3. The average molecular weight is 321 g/mol. The average Bonchev–Trinajstić information content (AvgIpc) is 2.85. The number of nitrogens with two attached hydrogens (primary N) is 1.